The minimum Gasteiger partial charge on any atom is -0.490 e. The molecule has 0 amide bonds. The number of amidine groups is 1. The van der Waals surface area contributed by atoms with Crippen LogP contribution in [0, 0.1) is 5.82 Å². The van der Waals surface area contributed by atoms with Crippen LogP contribution in [0.1, 0.15) is 42.6 Å². The molecular weight excluding hydrogens is 422 g/mol. The van der Waals surface area contributed by atoms with Crippen LogP contribution in [0.4, 0.5) is 4.39 Å². The van der Waals surface area contributed by atoms with E-state index in [1.54, 1.807) is 6.07 Å². The quantitative estimate of drug-likeness (QED) is 0.473. The molecule has 0 aromatic heterocycles. The van der Waals surface area contributed by atoms with Crippen molar-refractivity contribution < 1.29 is 9.13 Å². The molecule has 0 radical (unpaired) electrons. The van der Waals surface area contributed by atoms with Crippen molar-refractivity contribution in [1.29, 1.82) is 0 Å². The molecule has 2 atom stereocenters. The minimum atomic E-state index is -0.350. The average Bonchev–Trinajstić information content (AvgIpc) is 3.14. The van der Waals surface area contributed by atoms with Crippen LogP contribution in [0.15, 0.2) is 71.7 Å². The molecule has 1 aliphatic heterocycles. The van der Waals surface area contributed by atoms with Crippen LogP contribution < -0.4 is 10.1 Å². The second kappa shape index (κ2) is 8.66. The van der Waals surface area contributed by atoms with Gasteiger partial charge in [-0.2, -0.15) is 0 Å². The molecule has 0 saturated carbocycles. The van der Waals surface area contributed by atoms with Gasteiger partial charge in [0, 0.05) is 16.1 Å². The third kappa shape index (κ3) is 4.45. The first-order valence-corrected chi connectivity index (χ1v) is 10.5. The molecule has 0 spiro atoms. The molecule has 0 bridgehead atoms. The number of rotatable bonds is 5. The summed E-state index contributed by atoms with van der Waals surface area (Å²) < 4.78 is 19.7. The number of hydrogen-bond acceptors (Lipinski definition) is 3. The lowest BCUT2D eigenvalue weighted by Crippen LogP contribution is -2.26. The van der Waals surface area contributed by atoms with Gasteiger partial charge in [-0.15, -0.1) is 0 Å². The van der Waals surface area contributed by atoms with Gasteiger partial charge >= 0.3 is 0 Å². The first-order valence-electron chi connectivity index (χ1n) is 9.72. The van der Waals surface area contributed by atoms with Crippen LogP contribution in [0.2, 0.25) is 10.0 Å². The van der Waals surface area contributed by atoms with Crippen molar-refractivity contribution in [3.8, 4) is 5.75 Å². The summed E-state index contributed by atoms with van der Waals surface area (Å²) in [4.78, 5) is 4.96. The molecule has 6 heteroatoms. The van der Waals surface area contributed by atoms with E-state index in [0.29, 0.717) is 21.6 Å². The van der Waals surface area contributed by atoms with Crippen LogP contribution >= 0.6 is 23.2 Å². The largest absolute Gasteiger partial charge is 0.490 e. The highest BCUT2D eigenvalue weighted by molar-refractivity contribution is 6.30. The molecule has 0 aliphatic carbocycles. The van der Waals surface area contributed by atoms with Gasteiger partial charge in [-0.1, -0.05) is 47.5 Å². The minimum absolute atomic E-state index is 0.0910. The molecule has 3 nitrogen and oxygen atoms in total. The fourth-order valence-corrected chi connectivity index (χ4v) is 3.78. The number of nitrogens with zero attached hydrogens (tertiary/aromatic N) is 1. The van der Waals surface area contributed by atoms with Gasteiger partial charge in [0.15, 0.2) is 0 Å². The van der Waals surface area contributed by atoms with E-state index in [-0.39, 0.29) is 24.0 Å². The van der Waals surface area contributed by atoms with Crippen molar-refractivity contribution in [2.24, 2.45) is 4.99 Å². The molecule has 1 aliphatic rings. The second-order valence-electron chi connectivity index (χ2n) is 7.45. The standard InChI is InChI=1S/C24H21Cl2FN2O/c1-14(2)30-21-13-19(27)11-12-20(21)24-28-22(15-3-7-17(25)8-4-15)23(29-24)16-5-9-18(26)10-6-16/h3-14,22-23H,1-2H3,(H,28,29)/t22-,23+. The molecule has 30 heavy (non-hydrogen) atoms. The number of hydrogen-bond donors (Lipinski definition) is 1. The molecular formula is C24H21Cl2FN2O. The lowest BCUT2D eigenvalue weighted by molar-refractivity contribution is 0.241. The van der Waals surface area contributed by atoms with Gasteiger partial charge in [-0.25, -0.2) is 4.39 Å². The van der Waals surface area contributed by atoms with Gasteiger partial charge in [0.05, 0.1) is 17.7 Å². The smallest absolute Gasteiger partial charge is 0.133 e. The highest BCUT2D eigenvalue weighted by Gasteiger charge is 2.33. The fraction of sp³-hybridized carbons (Fsp3) is 0.208. The topological polar surface area (TPSA) is 33.6 Å². The molecule has 0 unspecified atom stereocenters. The summed E-state index contributed by atoms with van der Waals surface area (Å²) in [5.74, 6) is 0.768. The van der Waals surface area contributed by atoms with Gasteiger partial charge in [0.1, 0.15) is 23.4 Å². The Bertz CT molecular complexity index is 1070. The Labute approximate surface area is 185 Å². The van der Waals surface area contributed by atoms with E-state index in [1.807, 2.05) is 62.4 Å². The van der Waals surface area contributed by atoms with E-state index in [2.05, 4.69) is 5.32 Å². The molecule has 1 heterocycles. The monoisotopic (exact) mass is 442 g/mol. The van der Waals surface area contributed by atoms with Crippen LogP contribution in [-0.2, 0) is 0 Å². The number of benzene rings is 3. The summed E-state index contributed by atoms with van der Waals surface area (Å²) in [6.45, 7) is 3.82. The van der Waals surface area contributed by atoms with Gasteiger partial charge in [-0.3, -0.25) is 4.99 Å². The van der Waals surface area contributed by atoms with Crippen molar-refractivity contribution in [3.63, 3.8) is 0 Å². The van der Waals surface area contributed by atoms with Crippen molar-refractivity contribution >= 4 is 29.0 Å². The maximum atomic E-state index is 13.9. The van der Waals surface area contributed by atoms with Crippen molar-refractivity contribution in [2.45, 2.75) is 32.0 Å². The predicted octanol–water partition coefficient (Wildman–Crippen LogP) is 6.75. The normalized spacial score (nSPS) is 18.3. The maximum Gasteiger partial charge on any atom is 0.133 e. The highest BCUT2D eigenvalue weighted by Crippen LogP contribution is 2.39. The number of halogens is 3. The summed E-state index contributed by atoms with van der Waals surface area (Å²) in [6, 6.07) is 19.6. The first-order chi connectivity index (χ1) is 14.4. The van der Waals surface area contributed by atoms with E-state index in [9.17, 15) is 4.39 Å². The zero-order valence-electron chi connectivity index (χ0n) is 16.6. The second-order valence-corrected chi connectivity index (χ2v) is 8.33. The molecule has 4 rings (SSSR count). The van der Waals surface area contributed by atoms with Gasteiger partial charge in [0.2, 0.25) is 0 Å². The molecule has 3 aromatic carbocycles. The Morgan fingerprint density at radius 2 is 1.50 bits per heavy atom. The fourth-order valence-electron chi connectivity index (χ4n) is 3.53. The van der Waals surface area contributed by atoms with Crippen molar-refractivity contribution in [2.75, 3.05) is 0 Å². The Balaban J connectivity index is 1.77. The van der Waals surface area contributed by atoms with Crippen molar-refractivity contribution in [3.05, 3.63) is 99.3 Å². The van der Waals surface area contributed by atoms with E-state index in [0.717, 1.165) is 16.7 Å². The maximum absolute atomic E-state index is 13.9. The van der Waals surface area contributed by atoms with Gasteiger partial charge in [-0.05, 0) is 61.4 Å². The van der Waals surface area contributed by atoms with Gasteiger partial charge < -0.3 is 10.1 Å². The first kappa shape index (κ1) is 20.7. The lowest BCUT2D eigenvalue weighted by Gasteiger charge is -2.20. The average molecular weight is 443 g/mol. The third-order valence-corrected chi connectivity index (χ3v) is 5.38. The van der Waals surface area contributed by atoms with Crippen LogP contribution in [0.25, 0.3) is 0 Å². The molecule has 0 fully saturated rings. The van der Waals surface area contributed by atoms with E-state index < -0.39 is 0 Å². The van der Waals surface area contributed by atoms with Gasteiger partial charge in [0.25, 0.3) is 0 Å². The van der Waals surface area contributed by atoms with E-state index >= 15 is 0 Å². The van der Waals surface area contributed by atoms with Crippen LogP contribution in [0.5, 0.6) is 5.75 Å². The molecule has 154 valence electrons. The Kier molecular flexibility index (Phi) is 5.98. The number of ether oxygens (including phenoxy) is 1. The summed E-state index contributed by atoms with van der Waals surface area (Å²) in [7, 11) is 0. The summed E-state index contributed by atoms with van der Waals surface area (Å²) in [6.07, 6.45) is -0.0910. The molecule has 3 aromatic rings. The molecule has 0 saturated heterocycles. The Hall–Kier alpha value is -2.56. The van der Waals surface area contributed by atoms with Crippen LogP contribution in [0.3, 0.4) is 0 Å². The van der Waals surface area contributed by atoms with Crippen molar-refractivity contribution in [1.82, 2.24) is 5.32 Å². The van der Waals surface area contributed by atoms with E-state index in [4.69, 9.17) is 32.9 Å². The SMILES string of the molecule is CC(C)Oc1cc(F)ccc1C1=N[C@@H](c2ccc(Cl)cc2)[C@@H](c2ccc(Cl)cc2)N1. The Morgan fingerprint density at radius 1 is 0.900 bits per heavy atom. The number of nitrogens with one attached hydrogen (secondary N) is 1. The third-order valence-electron chi connectivity index (χ3n) is 4.88. The van der Waals surface area contributed by atoms with Crippen LogP contribution in [-0.4, -0.2) is 11.9 Å². The van der Waals surface area contributed by atoms with E-state index in [1.165, 1.54) is 12.1 Å². The zero-order chi connectivity index (χ0) is 21.3. The summed E-state index contributed by atoms with van der Waals surface area (Å²) in [5, 5.41) is 4.85. The predicted molar refractivity (Wildman–Crippen MR) is 120 cm³/mol. The lowest BCUT2D eigenvalue weighted by atomic mass is 9.95. The highest BCUT2D eigenvalue weighted by atomic mass is 35.5. The zero-order valence-corrected chi connectivity index (χ0v) is 18.1. The summed E-state index contributed by atoms with van der Waals surface area (Å²) in [5.41, 5.74) is 2.79. The summed E-state index contributed by atoms with van der Waals surface area (Å²) >= 11 is 12.2. The number of aliphatic imine (C=N–C) groups is 1. The molecule has 1 N–H and O–H groups in total. The Morgan fingerprint density at radius 3 is 2.10 bits per heavy atom.